The van der Waals surface area contributed by atoms with Crippen LogP contribution in [0.1, 0.15) is 48.9 Å². The lowest BCUT2D eigenvalue weighted by Gasteiger charge is -2.41. The van der Waals surface area contributed by atoms with Gasteiger partial charge in [0.25, 0.3) is 0 Å². The van der Waals surface area contributed by atoms with Crippen molar-refractivity contribution in [3.8, 4) is 33.4 Å². The molecule has 3 nitrogen and oxygen atoms in total. The summed E-state index contributed by atoms with van der Waals surface area (Å²) in [4.78, 5) is 7.22. The van der Waals surface area contributed by atoms with Crippen LogP contribution >= 0.6 is 0 Å². The van der Waals surface area contributed by atoms with Gasteiger partial charge in [-0.2, -0.15) is 0 Å². The maximum atomic E-state index is 2.46. The fraction of sp³-hybridized carbons (Fsp3) is 0.0746. The molecule has 3 heteroatoms. The molecule has 336 valence electrons. The van der Waals surface area contributed by atoms with E-state index >= 15 is 0 Å². The molecule has 12 rings (SSSR count). The predicted molar refractivity (Wildman–Crippen MR) is 297 cm³/mol. The highest BCUT2D eigenvalue weighted by molar-refractivity contribution is 6.06. The van der Waals surface area contributed by atoms with Crippen LogP contribution in [0, 0.1) is 0 Å². The van der Waals surface area contributed by atoms with E-state index in [9.17, 15) is 0 Å². The minimum absolute atomic E-state index is 0.0930. The lowest BCUT2D eigenvalue weighted by Crippen LogP contribution is -2.24. The molecule has 1 heterocycles. The Morgan fingerprint density at radius 1 is 0.357 bits per heavy atom. The second kappa shape index (κ2) is 18.1. The van der Waals surface area contributed by atoms with Gasteiger partial charge >= 0.3 is 0 Å². The van der Waals surface area contributed by atoms with Gasteiger partial charge in [0.05, 0.1) is 28.4 Å². The largest absolute Gasteiger partial charge is 0.310 e. The van der Waals surface area contributed by atoms with Crippen LogP contribution in [0.5, 0.6) is 0 Å². The molecule has 1 aliphatic carbocycles. The summed E-state index contributed by atoms with van der Waals surface area (Å²) in [7, 11) is 0. The minimum atomic E-state index is -0.0930. The highest BCUT2D eigenvalue weighted by Crippen LogP contribution is 2.57. The summed E-state index contributed by atoms with van der Waals surface area (Å²) in [6.45, 7) is 4.71. The Labute approximate surface area is 412 Å². The third-order valence-electron chi connectivity index (χ3n) is 14.6. The number of para-hydroxylation sites is 7. The van der Waals surface area contributed by atoms with E-state index in [1.54, 1.807) is 0 Å². The first-order valence-corrected chi connectivity index (χ1v) is 24.6. The Bertz CT molecular complexity index is 3420. The number of nitrogens with zero attached hydrogens (tertiary/aromatic N) is 3. The summed E-state index contributed by atoms with van der Waals surface area (Å²) in [5.74, 6) is 0. The second-order valence-corrected chi connectivity index (χ2v) is 18.3. The van der Waals surface area contributed by atoms with E-state index in [2.05, 4.69) is 289 Å². The highest BCUT2D eigenvalue weighted by atomic mass is 15.3. The van der Waals surface area contributed by atoms with E-state index in [0.717, 1.165) is 69.5 Å². The Balaban J connectivity index is 0.901. The molecule has 0 aromatic heterocycles. The van der Waals surface area contributed by atoms with Crippen LogP contribution in [0.25, 0.3) is 45.5 Å². The second-order valence-electron chi connectivity index (χ2n) is 18.3. The summed E-state index contributed by atoms with van der Waals surface area (Å²) >= 11 is 0. The molecule has 0 spiro atoms. The van der Waals surface area contributed by atoms with Crippen LogP contribution < -0.4 is 14.7 Å². The molecule has 0 bridgehead atoms. The monoisotopic (exact) mass is 899 g/mol. The number of anilines is 9. The lowest BCUT2D eigenvalue weighted by atomic mass is 9.73. The fourth-order valence-corrected chi connectivity index (χ4v) is 11.3. The van der Waals surface area contributed by atoms with Crippen molar-refractivity contribution in [2.75, 3.05) is 14.7 Å². The molecule has 0 atom stereocenters. The number of hydrogen-bond donors (Lipinski definition) is 0. The molecule has 0 fully saturated rings. The molecular weight excluding hydrogens is 847 g/mol. The summed E-state index contributed by atoms with van der Waals surface area (Å²) in [5, 5.41) is 0. The smallest absolute Gasteiger partial charge is 0.0703 e. The van der Waals surface area contributed by atoms with Crippen LogP contribution in [-0.4, -0.2) is 0 Å². The highest BCUT2D eigenvalue weighted by Gasteiger charge is 2.41. The standard InChI is InChI=1S/C67H53N3/c1-3-67(4-2)59-46-49(40-44-57(59)58-45-43-55(47-60(58)67)68(52-24-11-6-12-25-52)53-26-13-7-14-27-53)37-36-48-38-41-51(42-39-48)66-56(50-22-9-5-10-23-50)30-21-35-65(66)70-63-33-19-17-31-61(63)69(54-28-15-8-16-29-54)62-32-18-20-34-64(62)70/h5-47H,3-4H2,1-2H3/b37-36+. The summed E-state index contributed by atoms with van der Waals surface area (Å²) in [6.07, 6.45) is 6.59. The molecule has 0 saturated heterocycles. The first-order chi connectivity index (χ1) is 34.6. The summed E-state index contributed by atoms with van der Waals surface area (Å²) in [6, 6.07) is 90.6. The average Bonchev–Trinajstić information content (AvgIpc) is 3.71. The molecular formula is C67H53N3. The van der Waals surface area contributed by atoms with Crippen molar-refractivity contribution in [1.29, 1.82) is 0 Å². The third-order valence-corrected chi connectivity index (χ3v) is 14.6. The van der Waals surface area contributed by atoms with Crippen molar-refractivity contribution < 1.29 is 0 Å². The fourth-order valence-electron chi connectivity index (χ4n) is 11.3. The van der Waals surface area contributed by atoms with E-state index in [-0.39, 0.29) is 5.41 Å². The van der Waals surface area contributed by atoms with E-state index in [1.807, 2.05) is 0 Å². The minimum Gasteiger partial charge on any atom is -0.310 e. The predicted octanol–water partition coefficient (Wildman–Crippen LogP) is 19.0. The van der Waals surface area contributed by atoms with Gasteiger partial charge in [-0.3, -0.25) is 0 Å². The molecule has 0 N–H and O–H groups in total. The van der Waals surface area contributed by atoms with Crippen molar-refractivity contribution in [2.24, 2.45) is 0 Å². The molecule has 10 aromatic rings. The van der Waals surface area contributed by atoms with Gasteiger partial charge in [0, 0.05) is 33.7 Å². The maximum Gasteiger partial charge on any atom is 0.0703 e. The molecule has 70 heavy (non-hydrogen) atoms. The zero-order valence-electron chi connectivity index (χ0n) is 39.6. The average molecular weight is 900 g/mol. The lowest BCUT2D eigenvalue weighted by molar-refractivity contribution is 0.490. The Kier molecular flexibility index (Phi) is 11.0. The number of rotatable bonds is 11. The van der Waals surface area contributed by atoms with Crippen molar-refractivity contribution in [3.63, 3.8) is 0 Å². The van der Waals surface area contributed by atoms with Crippen LogP contribution in [0.3, 0.4) is 0 Å². The molecule has 0 radical (unpaired) electrons. The molecule has 1 aliphatic heterocycles. The number of hydrogen-bond acceptors (Lipinski definition) is 3. The molecule has 0 saturated carbocycles. The topological polar surface area (TPSA) is 9.72 Å². The van der Waals surface area contributed by atoms with Gasteiger partial charge in [0.1, 0.15) is 0 Å². The van der Waals surface area contributed by atoms with Gasteiger partial charge in [-0.15, -0.1) is 0 Å². The summed E-state index contributed by atoms with van der Waals surface area (Å²) < 4.78 is 0. The zero-order valence-corrected chi connectivity index (χ0v) is 39.6. The normalized spacial score (nSPS) is 13.1. The van der Waals surface area contributed by atoms with Gasteiger partial charge in [0.2, 0.25) is 0 Å². The molecule has 10 aromatic carbocycles. The van der Waals surface area contributed by atoms with Crippen molar-refractivity contribution in [1.82, 2.24) is 0 Å². The first kappa shape index (κ1) is 42.7. The Morgan fingerprint density at radius 2 is 0.829 bits per heavy atom. The van der Waals surface area contributed by atoms with Crippen molar-refractivity contribution in [2.45, 2.75) is 32.1 Å². The molecule has 0 amide bonds. The summed E-state index contributed by atoms with van der Waals surface area (Å²) in [5.41, 5.74) is 22.8. The number of benzene rings is 10. The molecule has 0 unspecified atom stereocenters. The van der Waals surface area contributed by atoms with Crippen molar-refractivity contribution in [3.05, 3.63) is 271 Å². The van der Waals surface area contributed by atoms with E-state index in [0.29, 0.717) is 0 Å². The zero-order chi connectivity index (χ0) is 47.0. The van der Waals surface area contributed by atoms with Crippen LogP contribution in [0.4, 0.5) is 51.2 Å². The van der Waals surface area contributed by atoms with Crippen LogP contribution in [0.2, 0.25) is 0 Å². The van der Waals surface area contributed by atoms with Gasteiger partial charge in [-0.25, -0.2) is 0 Å². The molecule has 2 aliphatic rings. The third kappa shape index (κ3) is 7.30. The van der Waals surface area contributed by atoms with Gasteiger partial charge < -0.3 is 14.7 Å². The van der Waals surface area contributed by atoms with E-state index < -0.39 is 0 Å². The van der Waals surface area contributed by atoms with Gasteiger partial charge in [-0.1, -0.05) is 196 Å². The Hall–Kier alpha value is -8.66. The van der Waals surface area contributed by atoms with Gasteiger partial charge in [-0.05, 0) is 142 Å². The SMILES string of the molecule is CCC1(CC)c2cc(/C=C/c3ccc(-c4c(-c5ccccc5)cccc4N4c5ccccc5N(c5ccccc5)c5ccccc54)cc3)ccc2-c2ccc(N(c3ccccc3)c3ccccc3)cc21. The van der Waals surface area contributed by atoms with E-state index in [1.165, 1.54) is 50.2 Å². The van der Waals surface area contributed by atoms with Crippen molar-refractivity contribution >= 4 is 63.3 Å². The van der Waals surface area contributed by atoms with Gasteiger partial charge in [0.15, 0.2) is 0 Å². The van der Waals surface area contributed by atoms with Crippen LogP contribution in [0.15, 0.2) is 249 Å². The van der Waals surface area contributed by atoms with Crippen LogP contribution in [-0.2, 0) is 5.41 Å². The quantitative estimate of drug-likeness (QED) is 0.120. The van der Waals surface area contributed by atoms with E-state index in [4.69, 9.17) is 0 Å². The maximum absolute atomic E-state index is 2.46. The number of fused-ring (bicyclic) bond motifs is 5. The first-order valence-electron chi connectivity index (χ1n) is 24.6. The Morgan fingerprint density at radius 3 is 1.41 bits per heavy atom.